The fourth-order valence-electron chi connectivity index (χ4n) is 1.74. The molecule has 2 aromatic rings. The van der Waals surface area contributed by atoms with E-state index in [0.29, 0.717) is 17.2 Å². The zero-order chi connectivity index (χ0) is 12.7. The Hall–Kier alpha value is -2.76. The minimum Gasteiger partial charge on any atom is -0.449 e. The van der Waals surface area contributed by atoms with Gasteiger partial charge in [-0.3, -0.25) is 10.1 Å². The first-order valence-electron chi connectivity index (χ1n) is 5.18. The van der Waals surface area contributed by atoms with Crippen LogP contribution in [-0.4, -0.2) is 4.92 Å². The van der Waals surface area contributed by atoms with Crippen LogP contribution >= 0.6 is 0 Å². The molecule has 0 radical (unpaired) electrons. The lowest BCUT2D eigenvalue weighted by molar-refractivity contribution is -0.384. The van der Waals surface area contributed by atoms with Gasteiger partial charge in [-0.2, -0.15) is 0 Å². The van der Waals surface area contributed by atoms with Crippen molar-refractivity contribution in [2.24, 2.45) is 0 Å². The molecule has 3 rings (SSSR count). The molecule has 1 aliphatic rings. The normalized spacial score (nSPS) is 11.8. The quantitative estimate of drug-likeness (QED) is 0.403. The van der Waals surface area contributed by atoms with E-state index in [0.717, 1.165) is 0 Å². The molecule has 18 heavy (non-hydrogen) atoms. The van der Waals surface area contributed by atoms with Crippen LogP contribution in [0.1, 0.15) is 0 Å². The molecule has 0 aliphatic carbocycles. The number of nitrogen functional groups attached to an aromatic ring is 1. The standard InChI is InChI=1S/C12H8N2O4/c13-7-5-11-12(6-8(7)14(15)16)18-10-4-2-1-3-9(10)17-11/h1-6H,13H2. The number of para-hydroxylation sites is 2. The maximum absolute atomic E-state index is 10.8. The van der Waals surface area contributed by atoms with Crippen LogP contribution in [0.4, 0.5) is 11.4 Å². The second-order valence-corrected chi connectivity index (χ2v) is 3.77. The first-order valence-corrected chi connectivity index (χ1v) is 5.18. The van der Waals surface area contributed by atoms with Crippen LogP contribution in [0.3, 0.4) is 0 Å². The zero-order valence-electron chi connectivity index (χ0n) is 9.12. The van der Waals surface area contributed by atoms with E-state index >= 15 is 0 Å². The van der Waals surface area contributed by atoms with E-state index in [1.807, 2.05) is 6.07 Å². The number of ether oxygens (including phenoxy) is 2. The third-order valence-electron chi connectivity index (χ3n) is 2.58. The first-order chi connectivity index (χ1) is 8.65. The van der Waals surface area contributed by atoms with E-state index in [1.165, 1.54) is 12.1 Å². The summed E-state index contributed by atoms with van der Waals surface area (Å²) in [6.07, 6.45) is 0. The van der Waals surface area contributed by atoms with Crippen molar-refractivity contribution >= 4 is 11.4 Å². The van der Waals surface area contributed by atoms with Gasteiger partial charge < -0.3 is 15.2 Å². The highest BCUT2D eigenvalue weighted by Crippen LogP contribution is 2.47. The van der Waals surface area contributed by atoms with E-state index in [1.54, 1.807) is 18.2 Å². The van der Waals surface area contributed by atoms with Crippen LogP contribution in [0.25, 0.3) is 0 Å². The summed E-state index contributed by atoms with van der Waals surface area (Å²) in [5.74, 6) is 1.73. The molecule has 90 valence electrons. The molecule has 6 heteroatoms. The molecule has 1 heterocycles. The largest absolute Gasteiger partial charge is 0.449 e. The molecular formula is C12H8N2O4. The van der Waals surface area contributed by atoms with Gasteiger partial charge in [0.25, 0.3) is 5.69 Å². The second kappa shape index (κ2) is 3.63. The second-order valence-electron chi connectivity index (χ2n) is 3.77. The summed E-state index contributed by atoms with van der Waals surface area (Å²) in [5, 5.41) is 10.8. The Balaban J connectivity index is 2.11. The summed E-state index contributed by atoms with van der Waals surface area (Å²) >= 11 is 0. The van der Waals surface area contributed by atoms with Crippen molar-refractivity contribution in [3.8, 4) is 23.0 Å². The Morgan fingerprint density at radius 1 is 1.00 bits per heavy atom. The van der Waals surface area contributed by atoms with Crippen LogP contribution in [0.5, 0.6) is 23.0 Å². The number of anilines is 1. The summed E-state index contributed by atoms with van der Waals surface area (Å²) in [7, 11) is 0. The van der Waals surface area contributed by atoms with Gasteiger partial charge in [0.2, 0.25) is 0 Å². The van der Waals surface area contributed by atoms with E-state index < -0.39 is 4.92 Å². The maximum atomic E-state index is 10.8. The number of hydrogen-bond donors (Lipinski definition) is 1. The van der Waals surface area contributed by atoms with Crippen LogP contribution in [-0.2, 0) is 0 Å². The molecule has 1 aliphatic heterocycles. The highest BCUT2D eigenvalue weighted by atomic mass is 16.6. The monoisotopic (exact) mass is 244 g/mol. The smallest absolute Gasteiger partial charge is 0.296 e. The van der Waals surface area contributed by atoms with Gasteiger partial charge in [-0.15, -0.1) is 0 Å². The summed E-state index contributed by atoms with van der Waals surface area (Å²) in [5.41, 5.74) is 5.43. The van der Waals surface area contributed by atoms with Crippen molar-refractivity contribution in [1.82, 2.24) is 0 Å². The highest BCUT2D eigenvalue weighted by Gasteiger charge is 2.23. The van der Waals surface area contributed by atoms with E-state index in [9.17, 15) is 10.1 Å². The molecule has 0 saturated carbocycles. The molecule has 2 aromatic carbocycles. The van der Waals surface area contributed by atoms with Gasteiger partial charge in [-0.05, 0) is 12.1 Å². The Morgan fingerprint density at radius 3 is 2.11 bits per heavy atom. The van der Waals surface area contributed by atoms with Gasteiger partial charge >= 0.3 is 0 Å². The third kappa shape index (κ3) is 1.51. The lowest BCUT2D eigenvalue weighted by Crippen LogP contribution is -2.02. The predicted molar refractivity (Wildman–Crippen MR) is 64.1 cm³/mol. The number of nitro groups is 1. The van der Waals surface area contributed by atoms with Crippen LogP contribution in [0.15, 0.2) is 36.4 Å². The van der Waals surface area contributed by atoms with Gasteiger partial charge in [0.05, 0.1) is 11.0 Å². The minimum absolute atomic E-state index is 0.0433. The molecule has 0 atom stereocenters. The van der Waals surface area contributed by atoms with Crippen LogP contribution in [0.2, 0.25) is 0 Å². The number of hydrogen-bond acceptors (Lipinski definition) is 5. The molecule has 6 nitrogen and oxygen atoms in total. The molecule has 0 amide bonds. The van der Waals surface area contributed by atoms with Gasteiger partial charge in [-0.25, -0.2) is 0 Å². The summed E-state index contributed by atoms with van der Waals surface area (Å²) in [6, 6.07) is 9.72. The average Bonchev–Trinajstić information content (AvgIpc) is 2.35. The topological polar surface area (TPSA) is 87.6 Å². The van der Waals surface area contributed by atoms with Crippen molar-refractivity contribution in [2.45, 2.75) is 0 Å². The number of fused-ring (bicyclic) bond motifs is 2. The van der Waals surface area contributed by atoms with Crippen molar-refractivity contribution in [1.29, 1.82) is 0 Å². The van der Waals surface area contributed by atoms with Crippen LogP contribution < -0.4 is 15.2 Å². The summed E-state index contributed by atoms with van der Waals surface area (Å²) < 4.78 is 11.1. The molecular weight excluding hydrogens is 236 g/mol. The Kier molecular flexibility index (Phi) is 2.09. The molecule has 0 spiro atoms. The van der Waals surface area contributed by atoms with Crippen molar-refractivity contribution in [3.05, 3.63) is 46.5 Å². The van der Waals surface area contributed by atoms with Crippen molar-refractivity contribution in [3.63, 3.8) is 0 Å². The van der Waals surface area contributed by atoms with Gasteiger partial charge in [0.1, 0.15) is 5.69 Å². The van der Waals surface area contributed by atoms with E-state index in [4.69, 9.17) is 15.2 Å². The minimum atomic E-state index is -0.556. The highest BCUT2D eigenvalue weighted by molar-refractivity contribution is 5.68. The summed E-state index contributed by atoms with van der Waals surface area (Å²) in [4.78, 5) is 10.2. The molecule has 0 saturated heterocycles. The molecule has 2 N–H and O–H groups in total. The fraction of sp³-hybridized carbons (Fsp3) is 0. The SMILES string of the molecule is Nc1cc2c(cc1[N+](=O)[O-])Oc1ccccc1O2. The third-order valence-corrected chi connectivity index (χ3v) is 2.58. The van der Waals surface area contributed by atoms with Gasteiger partial charge in [0, 0.05) is 6.07 Å². The molecule has 0 fully saturated rings. The molecule has 0 aromatic heterocycles. The predicted octanol–water partition coefficient (Wildman–Crippen LogP) is 3.08. The lowest BCUT2D eigenvalue weighted by Gasteiger charge is -2.20. The Bertz CT molecular complexity index is 655. The van der Waals surface area contributed by atoms with Gasteiger partial charge in [-0.1, -0.05) is 12.1 Å². The average molecular weight is 244 g/mol. The number of nitrogens with two attached hydrogens (primary N) is 1. The number of rotatable bonds is 1. The molecule has 0 bridgehead atoms. The van der Waals surface area contributed by atoms with E-state index in [-0.39, 0.29) is 17.1 Å². The van der Waals surface area contributed by atoms with Crippen LogP contribution in [0, 0.1) is 10.1 Å². The van der Waals surface area contributed by atoms with Crippen molar-refractivity contribution in [2.75, 3.05) is 5.73 Å². The Labute approximate surface area is 102 Å². The lowest BCUT2D eigenvalue weighted by atomic mass is 10.2. The van der Waals surface area contributed by atoms with E-state index in [2.05, 4.69) is 0 Å². The molecule has 0 unspecified atom stereocenters. The Morgan fingerprint density at radius 2 is 1.56 bits per heavy atom. The fourth-order valence-corrected chi connectivity index (χ4v) is 1.74. The van der Waals surface area contributed by atoms with Gasteiger partial charge in [0.15, 0.2) is 23.0 Å². The van der Waals surface area contributed by atoms with Crippen molar-refractivity contribution < 1.29 is 14.4 Å². The summed E-state index contributed by atoms with van der Waals surface area (Å²) in [6.45, 7) is 0. The number of nitrogens with zero attached hydrogens (tertiary/aromatic N) is 1. The first kappa shape index (κ1) is 10.4. The number of benzene rings is 2. The zero-order valence-corrected chi connectivity index (χ0v) is 9.12. The maximum Gasteiger partial charge on any atom is 0.296 e. The number of nitro benzene ring substituents is 1.